The van der Waals surface area contributed by atoms with Crippen molar-refractivity contribution < 1.29 is 79.9 Å². The van der Waals surface area contributed by atoms with Crippen LogP contribution in [0.25, 0.3) is 0 Å². The van der Waals surface area contributed by atoms with Crippen molar-refractivity contribution in [3.8, 4) is 0 Å². The predicted molar refractivity (Wildman–Crippen MR) is 101 cm³/mol. The van der Waals surface area contributed by atoms with E-state index in [9.17, 15) is 56.2 Å². The Morgan fingerprint density at radius 2 is 1.12 bits per heavy atom. The van der Waals surface area contributed by atoms with E-state index in [2.05, 4.69) is 0 Å². The molecule has 3 heterocycles. The summed E-state index contributed by atoms with van der Waals surface area (Å²) < 4.78 is 26.4. The fourth-order valence-electron chi connectivity index (χ4n) is 4.13. The Kier molecular flexibility index (Phi) is 9.18. The molecular formula is C18H32O16. The molecule has 3 aliphatic rings. The van der Waals surface area contributed by atoms with Crippen molar-refractivity contribution in [3.63, 3.8) is 0 Å². The second kappa shape index (κ2) is 11.2. The fourth-order valence-corrected chi connectivity index (χ4v) is 4.13. The Bertz CT molecular complexity index is 651. The lowest BCUT2D eigenvalue weighted by atomic mass is 9.96. The normalized spacial score (nSPS) is 52.1. The van der Waals surface area contributed by atoms with Crippen molar-refractivity contribution >= 4 is 0 Å². The van der Waals surface area contributed by atoms with Gasteiger partial charge in [-0.1, -0.05) is 0 Å². The second-order valence-corrected chi connectivity index (χ2v) is 8.39. The molecule has 0 aliphatic carbocycles. The number of ether oxygens (including phenoxy) is 5. The summed E-state index contributed by atoms with van der Waals surface area (Å²) in [4.78, 5) is 0. The molecule has 0 unspecified atom stereocenters. The van der Waals surface area contributed by atoms with E-state index in [0.29, 0.717) is 0 Å². The van der Waals surface area contributed by atoms with Crippen LogP contribution in [0.1, 0.15) is 0 Å². The summed E-state index contributed by atoms with van der Waals surface area (Å²) in [5, 5.41) is 109. The molecule has 11 N–H and O–H groups in total. The number of rotatable bonds is 8. The van der Waals surface area contributed by atoms with E-state index in [1.807, 2.05) is 0 Å². The maximum Gasteiger partial charge on any atom is 0.219 e. The smallest absolute Gasteiger partial charge is 0.219 e. The Morgan fingerprint density at radius 3 is 1.68 bits per heavy atom. The topological polar surface area (TPSA) is 269 Å². The van der Waals surface area contributed by atoms with Gasteiger partial charge in [0.1, 0.15) is 67.1 Å². The zero-order chi connectivity index (χ0) is 25.4. The molecule has 16 nitrogen and oxygen atoms in total. The number of hydrogen-bond acceptors (Lipinski definition) is 16. The summed E-state index contributed by atoms with van der Waals surface area (Å²) in [6, 6.07) is 0. The number of aliphatic hydroxyl groups is 11. The summed E-state index contributed by atoms with van der Waals surface area (Å²) in [5.74, 6) is -2.49. The first-order chi connectivity index (χ1) is 16.0. The van der Waals surface area contributed by atoms with Crippen LogP contribution in [-0.2, 0) is 23.7 Å². The van der Waals surface area contributed by atoms with Crippen LogP contribution < -0.4 is 0 Å². The first-order valence-electron chi connectivity index (χ1n) is 10.6. The zero-order valence-corrected chi connectivity index (χ0v) is 17.8. The third-order valence-electron chi connectivity index (χ3n) is 6.14. The van der Waals surface area contributed by atoms with Gasteiger partial charge in [0.15, 0.2) is 12.6 Å². The first-order valence-corrected chi connectivity index (χ1v) is 10.6. The highest BCUT2D eigenvalue weighted by Crippen LogP contribution is 2.35. The van der Waals surface area contributed by atoms with E-state index in [1.165, 1.54) is 0 Å². The molecular weight excluding hydrogens is 472 g/mol. The molecule has 200 valence electrons. The minimum Gasteiger partial charge on any atom is -0.394 e. The van der Waals surface area contributed by atoms with Gasteiger partial charge in [-0.25, -0.2) is 0 Å². The van der Waals surface area contributed by atoms with Crippen molar-refractivity contribution in [1.82, 2.24) is 0 Å². The zero-order valence-electron chi connectivity index (χ0n) is 17.8. The van der Waals surface area contributed by atoms with Gasteiger partial charge in [-0.2, -0.15) is 0 Å². The van der Waals surface area contributed by atoms with Crippen LogP contribution in [0, 0.1) is 0 Å². The SMILES string of the molecule is OC[C@H]1O[C@@H](O[C@H]2[C@H](O)[C@@H](O)[C@H](O[C@H]3[C@H](O)[C@@H](CO)O[C@]3(O)CO)O[C@@H]2CO)[C@H](O)[C@@H](O)[C@H]1O. The Morgan fingerprint density at radius 1 is 0.588 bits per heavy atom. The molecule has 3 rings (SSSR count). The largest absolute Gasteiger partial charge is 0.394 e. The van der Waals surface area contributed by atoms with E-state index in [1.54, 1.807) is 0 Å². The Balaban J connectivity index is 1.73. The van der Waals surface area contributed by atoms with Gasteiger partial charge in [-0.05, 0) is 0 Å². The average Bonchev–Trinajstić information content (AvgIpc) is 3.08. The lowest BCUT2D eigenvalue weighted by Gasteiger charge is -2.46. The molecule has 14 atom stereocenters. The number of hydrogen-bond donors (Lipinski definition) is 11. The van der Waals surface area contributed by atoms with Gasteiger partial charge in [-0.3, -0.25) is 0 Å². The maximum atomic E-state index is 10.6. The minimum absolute atomic E-state index is 0.742. The molecule has 0 radical (unpaired) electrons. The third-order valence-corrected chi connectivity index (χ3v) is 6.14. The van der Waals surface area contributed by atoms with E-state index in [0.717, 1.165) is 0 Å². The molecule has 3 aliphatic heterocycles. The molecule has 0 saturated carbocycles. The van der Waals surface area contributed by atoms with Crippen LogP contribution >= 0.6 is 0 Å². The second-order valence-electron chi connectivity index (χ2n) is 8.39. The Hall–Kier alpha value is -0.640. The standard InChI is InChI=1S/C18H32O16/c19-1-5-8(23)10(25)12(27)16(30-5)32-14-7(3-21)31-17(13(28)11(14)26)33-15-9(24)6(2-20)34-18(15,29)4-22/h5-17,19-29H,1-4H2/t5-,6-,7-,8+,9-,10+,11-,12-,13-,14-,15+,16+,17+,18-/m1/s1. The summed E-state index contributed by atoms with van der Waals surface area (Å²) in [6.45, 7) is -3.39. The third kappa shape index (κ3) is 5.09. The quantitative estimate of drug-likeness (QED) is 0.146. The van der Waals surface area contributed by atoms with E-state index in [-0.39, 0.29) is 0 Å². The van der Waals surface area contributed by atoms with Crippen molar-refractivity contribution in [3.05, 3.63) is 0 Å². The molecule has 0 spiro atoms. The van der Waals surface area contributed by atoms with Crippen LogP contribution in [0.5, 0.6) is 0 Å². The molecule has 0 aromatic rings. The highest BCUT2D eigenvalue weighted by Gasteiger charge is 2.58. The van der Waals surface area contributed by atoms with E-state index >= 15 is 0 Å². The van der Waals surface area contributed by atoms with Crippen molar-refractivity contribution in [2.45, 2.75) is 85.5 Å². The van der Waals surface area contributed by atoms with Gasteiger partial charge in [0.2, 0.25) is 5.79 Å². The van der Waals surface area contributed by atoms with E-state index in [4.69, 9.17) is 23.7 Å². The average molecular weight is 504 g/mol. The molecule has 0 bridgehead atoms. The van der Waals surface area contributed by atoms with Gasteiger partial charge in [-0.15, -0.1) is 0 Å². The van der Waals surface area contributed by atoms with Gasteiger partial charge < -0.3 is 79.9 Å². The van der Waals surface area contributed by atoms with Crippen LogP contribution in [0.4, 0.5) is 0 Å². The summed E-state index contributed by atoms with van der Waals surface area (Å²) >= 11 is 0. The molecule has 3 fully saturated rings. The lowest BCUT2D eigenvalue weighted by Crippen LogP contribution is -2.65. The van der Waals surface area contributed by atoms with Crippen molar-refractivity contribution in [2.24, 2.45) is 0 Å². The fraction of sp³-hybridized carbons (Fsp3) is 1.00. The van der Waals surface area contributed by atoms with Gasteiger partial charge in [0.05, 0.1) is 26.4 Å². The predicted octanol–water partition coefficient (Wildman–Crippen LogP) is -7.57. The van der Waals surface area contributed by atoms with Crippen LogP contribution in [0.2, 0.25) is 0 Å². The molecule has 34 heavy (non-hydrogen) atoms. The van der Waals surface area contributed by atoms with Gasteiger partial charge in [0.25, 0.3) is 0 Å². The summed E-state index contributed by atoms with van der Waals surface area (Å²) in [5.41, 5.74) is 0. The van der Waals surface area contributed by atoms with Crippen molar-refractivity contribution in [1.29, 1.82) is 0 Å². The molecule has 3 saturated heterocycles. The highest BCUT2D eigenvalue weighted by atomic mass is 16.8. The van der Waals surface area contributed by atoms with Crippen LogP contribution in [0.15, 0.2) is 0 Å². The van der Waals surface area contributed by atoms with Crippen LogP contribution in [0.3, 0.4) is 0 Å². The van der Waals surface area contributed by atoms with Gasteiger partial charge in [0, 0.05) is 0 Å². The summed E-state index contributed by atoms with van der Waals surface area (Å²) in [6.07, 6.45) is -21.8. The molecule has 0 aromatic heterocycles. The maximum absolute atomic E-state index is 10.6. The summed E-state index contributed by atoms with van der Waals surface area (Å²) in [7, 11) is 0. The van der Waals surface area contributed by atoms with Crippen LogP contribution in [-0.4, -0.2) is 168 Å². The monoisotopic (exact) mass is 504 g/mol. The van der Waals surface area contributed by atoms with Gasteiger partial charge >= 0.3 is 0 Å². The highest BCUT2D eigenvalue weighted by molar-refractivity contribution is 4.99. The molecule has 0 amide bonds. The van der Waals surface area contributed by atoms with Crippen molar-refractivity contribution in [2.75, 3.05) is 26.4 Å². The first kappa shape index (κ1) is 27.9. The number of aliphatic hydroxyl groups excluding tert-OH is 10. The molecule has 0 aromatic carbocycles. The lowest BCUT2D eigenvalue weighted by molar-refractivity contribution is -0.373. The van der Waals surface area contributed by atoms with E-state index < -0.39 is 112 Å². The molecule has 16 heteroatoms. The Labute approximate surface area is 192 Å². The minimum atomic E-state index is -2.49.